The normalized spacial score (nSPS) is 15.1. The van der Waals surface area contributed by atoms with Gasteiger partial charge in [-0.25, -0.2) is 4.68 Å². The number of carbonyl (C=O) groups excluding carboxylic acids is 1. The van der Waals surface area contributed by atoms with Crippen LogP contribution in [0.15, 0.2) is 41.2 Å². The molecule has 1 aromatic carbocycles. The van der Waals surface area contributed by atoms with Crippen molar-refractivity contribution in [2.75, 3.05) is 13.1 Å². The summed E-state index contributed by atoms with van der Waals surface area (Å²) in [4.78, 5) is 26.4. The van der Waals surface area contributed by atoms with Gasteiger partial charge in [0.25, 0.3) is 5.56 Å². The molecule has 0 fully saturated rings. The quantitative estimate of drug-likeness (QED) is 0.890. The first-order valence-electron chi connectivity index (χ1n) is 7.70. The topological polar surface area (TPSA) is 81.2 Å². The second-order valence-electron chi connectivity index (χ2n) is 5.79. The number of hydrogen-bond acceptors (Lipinski definition) is 4. The van der Waals surface area contributed by atoms with Gasteiger partial charge in [-0.05, 0) is 5.56 Å². The second-order valence-corrected chi connectivity index (χ2v) is 5.79. The van der Waals surface area contributed by atoms with Crippen LogP contribution < -0.4 is 11.3 Å². The van der Waals surface area contributed by atoms with Crippen LogP contribution in [0.25, 0.3) is 0 Å². The average molecular weight is 312 g/mol. The standard InChI is InChI=1S/C17H20N4O2/c1-20-16(22)9-13-11-21(8-7-15(13)19-20)17(23)14(10-18)12-5-3-2-4-6-12/h2-6,9,14H,7-8,10-11,18H2,1H3/t14-/m0/s1. The Kier molecular flexibility index (Phi) is 4.25. The Morgan fingerprint density at radius 2 is 2.09 bits per heavy atom. The number of nitrogens with two attached hydrogens (primary N) is 1. The number of aryl methyl sites for hydroxylation is 1. The molecule has 1 aromatic heterocycles. The maximum absolute atomic E-state index is 12.8. The molecule has 1 aliphatic heterocycles. The van der Waals surface area contributed by atoms with E-state index in [-0.39, 0.29) is 23.9 Å². The molecule has 2 heterocycles. The summed E-state index contributed by atoms with van der Waals surface area (Å²) in [5, 5.41) is 4.27. The van der Waals surface area contributed by atoms with E-state index in [1.54, 1.807) is 18.0 Å². The molecule has 0 unspecified atom stereocenters. The number of rotatable bonds is 3. The number of benzene rings is 1. The molecule has 0 saturated carbocycles. The molecular weight excluding hydrogens is 292 g/mol. The van der Waals surface area contributed by atoms with E-state index in [9.17, 15) is 9.59 Å². The maximum atomic E-state index is 12.8. The average Bonchev–Trinajstić information content (AvgIpc) is 2.57. The van der Waals surface area contributed by atoms with Crippen LogP contribution in [0.3, 0.4) is 0 Å². The zero-order valence-corrected chi connectivity index (χ0v) is 13.1. The lowest BCUT2D eigenvalue weighted by Crippen LogP contribution is -2.42. The van der Waals surface area contributed by atoms with Crippen LogP contribution in [0.5, 0.6) is 0 Å². The number of nitrogens with zero attached hydrogens (tertiary/aromatic N) is 3. The minimum atomic E-state index is -0.350. The van der Waals surface area contributed by atoms with Gasteiger partial charge >= 0.3 is 0 Å². The Bertz CT molecular complexity index is 770. The fourth-order valence-corrected chi connectivity index (χ4v) is 2.97. The summed E-state index contributed by atoms with van der Waals surface area (Å²) in [7, 11) is 1.64. The van der Waals surface area contributed by atoms with E-state index < -0.39 is 0 Å². The summed E-state index contributed by atoms with van der Waals surface area (Å²) < 4.78 is 1.34. The third-order valence-corrected chi connectivity index (χ3v) is 4.29. The summed E-state index contributed by atoms with van der Waals surface area (Å²) in [5.41, 5.74) is 8.32. The minimum Gasteiger partial charge on any atom is -0.337 e. The van der Waals surface area contributed by atoms with Crippen LogP contribution in [-0.2, 0) is 24.8 Å². The lowest BCUT2D eigenvalue weighted by molar-refractivity contribution is -0.133. The summed E-state index contributed by atoms with van der Waals surface area (Å²) >= 11 is 0. The van der Waals surface area contributed by atoms with Gasteiger partial charge in [0.2, 0.25) is 5.91 Å². The summed E-state index contributed by atoms with van der Waals surface area (Å²) in [6.45, 7) is 1.28. The number of hydrogen-bond donors (Lipinski definition) is 1. The van der Waals surface area contributed by atoms with Gasteiger partial charge in [0.05, 0.1) is 11.6 Å². The highest BCUT2D eigenvalue weighted by Gasteiger charge is 2.28. The van der Waals surface area contributed by atoms with Crippen molar-refractivity contribution >= 4 is 5.91 Å². The molecular formula is C17H20N4O2. The molecule has 120 valence electrons. The highest BCUT2D eigenvalue weighted by atomic mass is 16.2. The minimum absolute atomic E-state index is 0.00465. The molecule has 6 nitrogen and oxygen atoms in total. The van der Waals surface area contributed by atoms with Crippen LogP contribution in [-0.4, -0.2) is 33.7 Å². The predicted octanol–water partition coefficient (Wildman–Crippen LogP) is 0.408. The van der Waals surface area contributed by atoms with Gasteiger partial charge < -0.3 is 10.6 Å². The molecule has 1 atom stereocenters. The second kappa shape index (κ2) is 6.34. The van der Waals surface area contributed by atoms with Crippen molar-refractivity contribution in [3.63, 3.8) is 0 Å². The third kappa shape index (κ3) is 3.03. The Labute approximate surface area is 134 Å². The van der Waals surface area contributed by atoms with Gasteiger partial charge in [0.15, 0.2) is 0 Å². The highest BCUT2D eigenvalue weighted by Crippen LogP contribution is 2.22. The number of aromatic nitrogens is 2. The Morgan fingerprint density at radius 1 is 1.35 bits per heavy atom. The van der Waals surface area contributed by atoms with Gasteiger partial charge in [-0.3, -0.25) is 9.59 Å². The molecule has 23 heavy (non-hydrogen) atoms. The smallest absolute Gasteiger partial charge is 0.266 e. The molecule has 2 aromatic rings. The lowest BCUT2D eigenvalue weighted by atomic mass is 9.96. The van der Waals surface area contributed by atoms with Crippen LogP contribution >= 0.6 is 0 Å². The van der Waals surface area contributed by atoms with Crippen molar-refractivity contribution in [1.29, 1.82) is 0 Å². The molecule has 0 bridgehead atoms. The SMILES string of the molecule is Cn1nc2c(cc1=O)CN(C(=O)[C@@H](CN)c1ccccc1)CC2. The summed E-state index contributed by atoms with van der Waals surface area (Å²) in [5.74, 6) is -0.345. The van der Waals surface area contributed by atoms with E-state index in [1.807, 2.05) is 30.3 Å². The van der Waals surface area contributed by atoms with Gasteiger partial charge in [0.1, 0.15) is 0 Å². The predicted molar refractivity (Wildman–Crippen MR) is 86.8 cm³/mol. The first-order chi connectivity index (χ1) is 11.1. The van der Waals surface area contributed by atoms with E-state index in [0.717, 1.165) is 16.8 Å². The van der Waals surface area contributed by atoms with E-state index in [1.165, 1.54) is 4.68 Å². The van der Waals surface area contributed by atoms with Crippen molar-refractivity contribution in [3.8, 4) is 0 Å². The van der Waals surface area contributed by atoms with Crippen molar-refractivity contribution in [2.24, 2.45) is 12.8 Å². The fourth-order valence-electron chi connectivity index (χ4n) is 2.97. The van der Waals surface area contributed by atoms with Gasteiger partial charge in [-0.15, -0.1) is 0 Å². The Hall–Kier alpha value is -2.47. The van der Waals surface area contributed by atoms with Gasteiger partial charge in [-0.1, -0.05) is 30.3 Å². The molecule has 0 saturated heterocycles. The van der Waals surface area contributed by atoms with Crippen LogP contribution in [0.4, 0.5) is 0 Å². The van der Waals surface area contributed by atoms with E-state index in [2.05, 4.69) is 5.10 Å². The molecule has 1 amide bonds. The summed E-state index contributed by atoms with van der Waals surface area (Å²) in [6, 6.07) is 11.1. The fraction of sp³-hybridized carbons (Fsp3) is 0.353. The number of carbonyl (C=O) groups is 1. The molecule has 0 spiro atoms. The third-order valence-electron chi connectivity index (χ3n) is 4.29. The van der Waals surface area contributed by atoms with E-state index in [0.29, 0.717) is 19.5 Å². The van der Waals surface area contributed by atoms with Gasteiger partial charge in [-0.2, -0.15) is 5.10 Å². The molecule has 3 rings (SSSR count). The van der Waals surface area contributed by atoms with Crippen LogP contribution in [0, 0.1) is 0 Å². The van der Waals surface area contributed by atoms with E-state index >= 15 is 0 Å². The maximum Gasteiger partial charge on any atom is 0.266 e. The van der Waals surface area contributed by atoms with Crippen LogP contribution in [0.1, 0.15) is 22.7 Å². The number of fused-ring (bicyclic) bond motifs is 1. The van der Waals surface area contributed by atoms with Crippen LogP contribution in [0.2, 0.25) is 0 Å². The van der Waals surface area contributed by atoms with E-state index in [4.69, 9.17) is 5.73 Å². The zero-order valence-electron chi connectivity index (χ0n) is 13.1. The van der Waals surface area contributed by atoms with Crippen molar-refractivity contribution in [1.82, 2.24) is 14.7 Å². The first-order valence-corrected chi connectivity index (χ1v) is 7.70. The molecule has 0 aliphatic carbocycles. The molecule has 1 aliphatic rings. The molecule has 6 heteroatoms. The summed E-state index contributed by atoms with van der Waals surface area (Å²) in [6.07, 6.45) is 0.654. The van der Waals surface area contributed by atoms with Gasteiger partial charge in [0, 0.05) is 44.7 Å². The van der Waals surface area contributed by atoms with Crippen molar-refractivity contribution in [2.45, 2.75) is 18.9 Å². The zero-order chi connectivity index (χ0) is 16.4. The molecule has 0 radical (unpaired) electrons. The first kappa shape index (κ1) is 15.4. The number of amides is 1. The highest BCUT2D eigenvalue weighted by molar-refractivity contribution is 5.84. The monoisotopic (exact) mass is 312 g/mol. The molecule has 2 N–H and O–H groups in total. The lowest BCUT2D eigenvalue weighted by Gasteiger charge is -2.31. The van der Waals surface area contributed by atoms with Crippen molar-refractivity contribution in [3.05, 3.63) is 63.6 Å². The van der Waals surface area contributed by atoms with Crippen molar-refractivity contribution < 1.29 is 4.79 Å². The Balaban J connectivity index is 1.83. The Morgan fingerprint density at radius 3 is 2.78 bits per heavy atom. The largest absolute Gasteiger partial charge is 0.337 e.